The maximum atomic E-state index is 11.8. The van der Waals surface area contributed by atoms with Crippen LogP contribution in [0.2, 0.25) is 0 Å². The van der Waals surface area contributed by atoms with E-state index in [-0.39, 0.29) is 30.3 Å². The number of nitrogens with one attached hydrogen (secondary N) is 3. The third-order valence-corrected chi connectivity index (χ3v) is 5.68. The first-order valence-electron chi connectivity index (χ1n) is 8.58. The maximum Gasteiger partial charge on any atom is 0.325 e. The van der Waals surface area contributed by atoms with E-state index in [4.69, 9.17) is 4.74 Å². The number of carbonyl (C=O) groups is 4. The monoisotopic (exact) mass is 421 g/mol. The van der Waals surface area contributed by atoms with Gasteiger partial charge in [-0.2, -0.15) is 0 Å². The van der Waals surface area contributed by atoms with E-state index < -0.39 is 23.4 Å². The quantitative estimate of drug-likeness (QED) is 0.340. The molecule has 3 N–H and O–H groups in total. The molecular weight excluding hydrogens is 390 g/mol. The van der Waals surface area contributed by atoms with Gasteiger partial charge in [-0.1, -0.05) is 21.6 Å². The molecule has 0 atom stereocenters. The number of hydrogen-bond donors (Lipinski definition) is 3. The van der Waals surface area contributed by atoms with Crippen molar-refractivity contribution in [1.82, 2.24) is 16.0 Å². The Morgan fingerprint density at radius 3 is 1.78 bits per heavy atom. The second-order valence-electron chi connectivity index (χ2n) is 7.43. The van der Waals surface area contributed by atoms with Gasteiger partial charge in [0.15, 0.2) is 0 Å². The minimum absolute atomic E-state index is 0.0226. The first-order chi connectivity index (χ1) is 12.3. The van der Waals surface area contributed by atoms with E-state index in [0.29, 0.717) is 12.8 Å². The highest BCUT2D eigenvalue weighted by atomic mass is 33.1. The zero-order chi connectivity index (χ0) is 21.1. The van der Waals surface area contributed by atoms with Crippen molar-refractivity contribution >= 4 is 45.3 Å². The van der Waals surface area contributed by atoms with Crippen molar-refractivity contribution in [3.63, 3.8) is 0 Å². The molecular formula is C17H31N3O5S2. The predicted molar refractivity (Wildman–Crippen MR) is 109 cm³/mol. The van der Waals surface area contributed by atoms with Gasteiger partial charge in [0.05, 0.1) is 13.1 Å². The van der Waals surface area contributed by atoms with Gasteiger partial charge in [0.1, 0.15) is 12.1 Å². The summed E-state index contributed by atoms with van der Waals surface area (Å²) < 4.78 is 5.03. The summed E-state index contributed by atoms with van der Waals surface area (Å²) in [6.07, 6.45) is 3.00. The number of carbonyl (C=O) groups excluding carboxylic acids is 4. The van der Waals surface area contributed by atoms with Crippen molar-refractivity contribution in [3.05, 3.63) is 0 Å². The smallest absolute Gasteiger partial charge is 0.325 e. The lowest BCUT2D eigenvalue weighted by molar-refractivity contribution is -0.154. The lowest BCUT2D eigenvalue weighted by atomic mass is 10.1. The predicted octanol–water partition coefficient (Wildman–Crippen LogP) is 1.25. The molecule has 0 aliphatic carbocycles. The number of amides is 3. The Morgan fingerprint density at radius 2 is 1.30 bits per heavy atom. The summed E-state index contributed by atoms with van der Waals surface area (Å²) in [5, 5.41) is 7.26. The lowest BCUT2D eigenvalue weighted by Crippen LogP contribution is -2.43. The van der Waals surface area contributed by atoms with E-state index >= 15 is 0 Å². The SMILES string of the molecule is CSSC(C)(C)CCC(=O)NCC(=O)NCC(=O)NCC(=O)OC(C)(C)C. The van der Waals surface area contributed by atoms with Crippen molar-refractivity contribution in [3.8, 4) is 0 Å². The number of rotatable bonds is 11. The number of hydrogen-bond acceptors (Lipinski definition) is 7. The minimum atomic E-state index is -0.627. The third-order valence-electron chi connectivity index (χ3n) is 3.01. The molecule has 10 heteroatoms. The van der Waals surface area contributed by atoms with E-state index in [1.165, 1.54) is 0 Å². The Morgan fingerprint density at radius 1 is 0.815 bits per heavy atom. The molecule has 3 amide bonds. The fourth-order valence-electron chi connectivity index (χ4n) is 1.80. The van der Waals surface area contributed by atoms with Crippen molar-refractivity contribution in [2.24, 2.45) is 0 Å². The molecule has 0 aromatic carbocycles. The average molecular weight is 422 g/mol. The van der Waals surface area contributed by atoms with E-state index in [9.17, 15) is 19.2 Å². The molecule has 0 aromatic heterocycles. The molecule has 27 heavy (non-hydrogen) atoms. The molecule has 0 saturated carbocycles. The molecule has 0 unspecified atom stereocenters. The van der Waals surface area contributed by atoms with Crippen LogP contribution in [0.3, 0.4) is 0 Å². The molecule has 0 saturated heterocycles. The molecule has 0 bridgehead atoms. The Balaban J connectivity index is 3.95. The number of esters is 1. The highest BCUT2D eigenvalue weighted by Gasteiger charge is 2.20. The number of ether oxygens (including phenoxy) is 1. The van der Waals surface area contributed by atoms with Gasteiger partial charge in [0.25, 0.3) is 0 Å². The van der Waals surface area contributed by atoms with Crippen LogP contribution in [0.25, 0.3) is 0 Å². The van der Waals surface area contributed by atoms with Gasteiger partial charge < -0.3 is 20.7 Å². The normalized spacial score (nSPS) is 11.5. The third kappa shape index (κ3) is 15.3. The van der Waals surface area contributed by atoms with Crippen molar-refractivity contribution in [2.45, 2.75) is 57.8 Å². The fourth-order valence-corrected chi connectivity index (χ4v) is 4.04. The summed E-state index contributed by atoms with van der Waals surface area (Å²) in [5.41, 5.74) is -0.627. The Bertz CT molecular complexity index is 533. The highest BCUT2D eigenvalue weighted by Crippen LogP contribution is 2.36. The average Bonchev–Trinajstić information content (AvgIpc) is 2.52. The first-order valence-corrected chi connectivity index (χ1v) is 11.1. The van der Waals surface area contributed by atoms with E-state index in [2.05, 4.69) is 29.8 Å². The summed E-state index contributed by atoms with van der Waals surface area (Å²) >= 11 is 0. The molecule has 0 aromatic rings. The summed E-state index contributed by atoms with van der Waals surface area (Å²) in [4.78, 5) is 46.5. The summed E-state index contributed by atoms with van der Waals surface area (Å²) in [5.74, 6) is -1.77. The first kappa shape index (κ1) is 25.6. The topological polar surface area (TPSA) is 114 Å². The Kier molecular flexibility index (Phi) is 11.5. The van der Waals surface area contributed by atoms with Crippen LogP contribution in [0.15, 0.2) is 0 Å². The van der Waals surface area contributed by atoms with Gasteiger partial charge in [-0.25, -0.2) is 0 Å². The van der Waals surface area contributed by atoms with Crippen molar-refractivity contribution in [1.29, 1.82) is 0 Å². The van der Waals surface area contributed by atoms with Crippen LogP contribution in [0.5, 0.6) is 0 Å². The maximum absolute atomic E-state index is 11.8. The minimum Gasteiger partial charge on any atom is -0.459 e. The molecule has 0 radical (unpaired) electrons. The van der Waals surface area contributed by atoms with Gasteiger partial charge in [-0.15, -0.1) is 0 Å². The van der Waals surface area contributed by atoms with E-state index in [1.807, 2.05) is 6.26 Å². The molecule has 0 fully saturated rings. The van der Waals surface area contributed by atoms with Gasteiger partial charge in [-0.3, -0.25) is 19.2 Å². The van der Waals surface area contributed by atoms with Crippen molar-refractivity contribution < 1.29 is 23.9 Å². The molecule has 0 aliphatic heterocycles. The molecule has 0 aliphatic rings. The van der Waals surface area contributed by atoms with E-state index in [1.54, 1.807) is 42.4 Å². The summed E-state index contributed by atoms with van der Waals surface area (Å²) in [6, 6.07) is 0. The van der Waals surface area contributed by atoms with Crippen LogP contribution in [0, 0.1) is 0 Å². The van der Waals surface area contributed by atoms with Crippen LogP contribution in [-0.4, -0.2) is 59.9 Å². The molecule has 0 rings (SSSR count). The Hall–Kier alpha value is -1.42. The van der Waals surface area contributed by atoms with Crippen LogP contribution in [-0.2, 0) is 23.9 Å². The fraction of sp³-hybridized carbons (Fsp3) is 0.765. The molecule has 8 nitrogen and oxygen atoms in total. The summed E-state index contributed by atoms with van der Waals surface area (Å²) in [7, 11) is 3.35. The molecule has 156 valence electrons. The second kappa shape index (κ2) is 12.1. The standard InChI is InChI=1S/C17H31N3O5S2/c1-16(2,3)25-15(24)11-20-14(23)10-19-13(22)9-18-12(21)7-8-17(4,5)27-26-6/h7-11H2,1-6H3,(H,18,21)(H,19,22)(H,20,23). The summed E-state index contributed by atoms with van der Waals surface area (Å²) in [6.45, 7) is 8.54. The molecule has 0 spiro atoms. The van der Waals surface area contributed by atoms with Crippen LogP contribution in [0.1, 0.15) is 47.5 Å². The highest BCUT2D eigenvalue weighted by molar-refractivity contribution is 8.76. The van der Waals surface area contributed by atoms with Gasteiger partial charge >= 0.3 is 5.97 Å². The van der Waals surface area contributed by atoms with Crippen molar-refractivity contribution in [2.75, 3.05) is 25.9 Å². The largest absolute Gasteiger partial charge is 0.459 e. The second-order valence-corrected chi connectivity index (χ2v) is 10.5. The van der Waals surface area contributed by atoms with Crippen LogP contribution < -0.4 is 16.0 Å². The van der Waals surface area contributed by atoms with Gasteiger partial charge in [0, 0.05) is 11.2 Å². The zero-order valence-corrected chi connectivity index (χ0v) is 18.5. The zero-order valence-electron chi connectivity index (χ0n) is 16.9. The lowest BCUT2D eigenvalue weighted by Gasteiger charge is -2.21. The van der Waals surface area contributed by atoms with E-state index in [0.717, 1.165) is 0 Å². The Labute approximate surface area is 169 Å². The van der Waals surface area contributed by atoms with Gasteiger partial charge in [-0.05, 0) is 47.3 Å². The van der Waals surface area contributed by atoms with Crippen LogP contribution in [0.4, 0.5) is 0 Å². The van der Waals surface area contributed by atoms with Crippen LogP contribution >= 0.6 is 21.6 Å². The molecule has 0 heterocycles. The van der Waals surface area contributed by atoms with Gasteiger partial charge in [0.2, 0.25) is 17.7 Å².